The first kappa shape index (κ1) is 18.2. The summed E-state index contributed by atoms with van der Waals surface area (Å²) in [5.41, 5.74) is 5.04. The molecule has 0 bridgehead atoms. The van der Waals surface area contributed by atoms with Crippen molar-refractivity contribution in [2.24, 2.45) is 7.05 Å². The first-order chi connectivity index (χ1) is 13.3. The summed E-state index contributed by atoms with van der Waals surface area (Å²) in [6.45, 7) is 7.16. The average Bonchev–Trinajstić information content (AvgIpc) is 3.23. The van der Waals surface area contributed by atoms with Gasteiger partial charge in [0.15, 0.2) is 0 Å². The van der Waals surface area contributed by atoms with Crippen LogP contribution in [0.4, 0.5) is 0 Å². The standard InChI is InChI=1S/C21H23N5O2/c1-13-9-14(2)26(23-13)10-16-5-7-17(8-6-16)20(27)25-11-18-19(12-25)22-15(3)24(4)21(18)28/h5-9H,10-12H2,1-4H3. The molecule has 1 aromatic carbocycles. The molecule has 3 heterocycles. The Balaban J connectivity index is 1.51. The summed E-state index contributed by atoms with van der Waals surface area (Å²) in [7, 11) is 1.71. The molecule has 2 aromatic heterocycles. The lowest BCUT2D eigenvalue weighted by atomic mass is 10.1. The molecule has 0 radical (unpaired) electrons. The van der Waals surface area contributed by atoms with Gasteiger partial charge in [-0.25, -0.2) is 4.98 Å². The molecule has 0 atom stereocenters. The van der Waals surface area contributed by atoms with Gasteiger partial charge in [0.2, 0.25) is 0 Å². The van der Waals surface area contributed by atoms with Gasteiger partial charge in [0.1, 0.15) is 5.82 Å². The molecule has 144 valence electrons. The minimum atomic E-state index is -0.0876. The predicted octanol–water partition coefficient (Wildman–Crippen LogP) is 2.11. The smallest absolute Gasteiger partial charge is 0.258 e. The number of aryl methyl sites for hydroxylation is 3. The zero-order chi connectivity index (χ0) is 20.0. The number of rotatable bonds is 3. The Morgan fingerprint density at radius 2 is 1.82 bits per heavy atom. The first-order valence-corrected chi connectivity index (χ1v) is 9.28. The number of carbonyl (C=O) groups excluding carboxylic acids is 1. The maximum Gasteiger partial charge on any atom is 0.258 e. The van der Waals surface area contributed by atoms with E-state index in [9.17, 15) is 9.59 Å². The summed E-state index contributed by atoms with van der Waals surface area (Å²) in [5, 5.41) is 4.47. The highest BCUT2D eigenvalue weighted by Gasteiger charge is 2.28. The Bertz CT molecular complexity index is 1120. The largest absolute Gasteiger partial charge is 0.328 e. The van der Waals surface area contributed by atoms with Crippen LogP contribution in [0.15, 0.2) is 35.1 Å². The third-order valence-electron chi connectivity index (χ3n) is 5.31. The van der Waals surface area contributed by atoms with Gasteiger partial charge in [-0.05, 0) is 44.5 Å². The molecule has 0 unspecified atom stereocenters. The second-order valence-corrected chi connectivity index (χ2v) is 7.39. The van der Waals surface area contributed by atoms with Crippen molar-refractivity contribution in [2.75, 3.05) is 0 Å². The van der Waals surface area contributed by atoms with Crippen molar-refractivity contribution >= 4 is 5.91 Å². The maximum absolute atomic E-state index is 12.9. The minimum absolute atomic E-state index is 0.0713. The third kappa shape index (κ3) is 3.13. The first-order valence-electron chi connectivity index (χ1n) is 9.28. The Hall–Kier alpha value is -3.22. The van der Waals surface area contributed by atoms with E-state index in [0.717, 1.165) is 17.0 Å². The Kier molecular flexibility index (Phi) is 4.37. The SMILES string of the molecule is Cc1cc(C)n(Cc2ccc(C(=O)N3Cc4nc(C)n(C)c(=O)c4C3)cc2)n1. The van der Waals surface area contributed by atoms with E-state index in [1.165, 1.54) is 4.57 Å². The fourth-order valence-electron chi connectivity index (χ4n) is 3.61. The van der Waals surface area contributed by atoms with Gasteiger partial charge in [-0.15, -0.1) is 0 Å². The number of amides is 1. The molecule has 0 aliphatic carbocycles. The van der Waals surface area contributed by atoms with Gasteiger partial charge in [-0.3, -0.25) is 18.8 Å². The number of hydrogen-bond donors (Lipinski definition) is 0. The summed E-state index contributed by atoms with van der Waals surface area (Å²) in [6, 6.07) is 9.62. The Morgan fingerprint density at radius 1 is 1.11 bits per heavy atom. The van der Waals surface area contributed by atoms with Gasteiger partial charge in [0.25, 0.3) is 11.5 Å². The monoisotopic (exact) mass is 377 g/mol. The highest BCUT2D eigenvalue weighted by Crippen LogP contribution is 2.21. The number of hydrogen-bond acceptors (Lipinski definition) is 4. The van der Waals surface area contributed by atoms with Gasteiger partial charge in [0.05, 0.1) is 36.6 Å². The molecule has 4 rings (SSSR count). The minimum Gasteiger partial charge on any atom is -0.328 e. The molecule has 0 saturated heterocycles. The molecule has 28 heavy (non-hydrogen) atoms. The van der Waals surface area contributed by atoms with Crippen LogP contribution in [0, 0.1) is 20.8 Å². The third-order valence-corrected chi connectivity index (χ3v) is 5.31. The van der Waals surface area contributed by atoms with E-state index < -0.39 is 0 Å². The van der Waals surface area contributed by atoms with Crippen molar-refractivity contribution in [1.82, 2.24) is 24.2 Å². The average molecular weight is 377 g/mol. The van der Waals surface area contributed by atoms with E-state index in [-0.39, 0.29) is 11.5 Å². The summed E-state index contributed by atoms with van der Waals surface area (Å²) in [5.74, 6) is 0.571. The lowest BCUT2D eigenvalue weighted by Gasteiger charge is -2.15. The number of carbonyl (C=O) groups is 1. The summed E-state index contributed by atoms with van der Waals surface area (Å²) < 4.78 is 3.48. The normalized spacial score (nSPS) is 13.1. The van der Waals surface area contributed by atoms with Crippen molar-refractivity contribution in [1.29, 1.82) is 0 Å². The van der Waals surface area contributed by atoms with Crippen molar-refractivity contribution in [3.8, 4) is 0 Å². The number of benzene rings is 1. The molecule has 0 fully saturated rings. The molecule has 0 saturated carbocycles. The lowest BCUT2D eigenvalue weighted by molar-refractivity contribution is 0.0750. The quantitative estimate of drug-likeness (QED) is 0.701. The van der Waals surface area contributed by atoms with E-state index >= 15 is 0 Å². The van der Waals surface area contributed by atoms with Crippen LogP contribution in [0.1, 0.15) is 44.4 Å². The van der Waals surface area contributed by atoms with Crippen LogP contribution in [0.25, 0.3) is 0 Å². The number of aromatic nitrogens is 4. The molecule has 1 aliphatic rings. The molecular formula is C21H23N5O2. The Morgan fingerprint density at radius 3 is 2.46 bits per heavy atom. The van der Waals surface area contributed by atoms with Crippen LogP contribution in [0.5, 0.6) is 0 Å². The topological polar surface area (TPSA) is 73.0 Å². The van der Waals surface area contributed by atoms with Crippen LogP contribution < -0.4 is 5.56 Å². The lowest BCUT2D eigenvalue weighted by Crippen LogP contribution is -2.27. The van der Waals surface area contributed by atoms with Gasteiger partial charge in [-0.2, -0.15) is 5.10 Å². The maximum atomic E-state index is 12.9. The predicted molar refractivity (Wildman–Crippen MR) is 105 cm³/mol. The van der Waals surface area contributed by atoms with Crippen LogP contribution >= 0.6 is 0 Å². The van der Waals surface area contributed by atoms with E-state index in [1.54, 1.807) is 18.9 Å². The summed E-state index contributed by atoms with van der Waals surface area (Å²) in [6.07, 6.45) is 0. The van der Waals surface area contributed by atoms with Gasteiger partial charge in [0, 0.05) is 18.3 Å². The zero-order valence-corrected chi connectivity index (χ0v) is 16.6. The Labute approximate surface area is 163 Å². The van der Waals surface area contributed by atoms with E-state index in [0.29, 0.717) is 42.3 Å². The van der Waals surface area contributed by atoms with E-state index in [4.69, 9.17) is 0 Å². The second kappa shape index (κ2) is 6.74. The fourth-order valence-corrected chi connectivity index (χ4v) is 3.61. The van der Waals surface area contributed by atoms with Gasteiger partial charge in [-0.1, -0.05) is 12.1 Å². The molecule has 7 nitrogen and oxygen atoms in total. The number of fused-ring (bicyclic) bond motifs is 1. The fraction of sp³-hybridized carbons (Fsp3) is 0.333. The molecule has 0 spiro atoms. The second-order valence-electron chi connectivity index (χ2n) is 7.39. The van der Waals surface area contributed by atoms with E-state index in [1.807, 2.05) is 48.9 Å². The van der Waals surface area contributed by atoms with Crippen LogP contribution in [0.3, 0.4) is 0 Å². The van der Waals surface area contributed by atoms with Crippen molar-refractivity contribution in [2.45, 2.75) is 40.4 Å². The van der Waals surface area contributed by atoms with Crippen LogP contribution in [0.2, 0.25) is 0 Å². The molecule has 1 aliphatic heterocycles. The van der Waals surface area contributed by atoms with Crippen molar-refractivity contribution < 1.29 is 4.79 Å². The molecule has 1 amide bonds. The zero-order valence-electron chi connectivity index (χ0n) is 16.6. The summed E-state index contributed by atoms with van der Waals surface area (Å²) in [4.78, 5) is 31.5. The van der Waals surface area contributed by atoms with Gasteiger partial charge < -0.3 is 4.90 Å². The van der Waals surface area contributed by atoms with Gasteiger partial charge >= 0.3 is 0 Å². The van der Waals surface area contributed by atoms with Crippen LogP contribution in [-0.2, 0) is 26.7 Å². The molecule has 0 N–H and O–H groups in total. The van der Waals surface area contributed by atoms with E-state index in [2.05, 4.69) is 10.1 Å². The molecule has 7 heteroatoms. The number of nitrogens with zero attached hydrogens (tertiary/aromatic N) is 5. The van der Waals surface area contributed by atoms with Crippen molar-refractivity contribution in [3.05, 3.63) is 80.3 Å². The molecule has 3 aromatic rings. The van der Waals surface area contributed by atoms with Crippen molar-refractivity contribution in [3.63, 3.8) is 0 Å². The highest BCUT2D eigenvalue weighted by atomic mass is 16.2. The molecular weight excluding hydrogens is 354 g/mol. The summed E-state index contributed by atoms with van der Waals surface area (Å²) >= 11 is 0. The highest BCUT2D eigenvalue weighted by molar-refractivity contribution is 5.94. The van der Waals surface area contributed by atoms with Crippen LogP contribution in [-0.4, -0.2) is 30.1 Å².